The minimum Gasteiger partial charge on any atom is -0.381 e. The first-order valence-electron chi connectivity index (χ1n) is 6.66. The third-order valence-electron chi connectivity index (χ3n) is 2.61. The maximum atomic E-state index is 5.55. The molecule has 0 fully saturated rings. The number of hydrogen-bond acceptors (Lipinski definition) is 2. The van der Waals surface area contributed by atoms with E-state index in [1.165, 1.54) is 38.5 Å². The average molecular weight is 215 g/mol. The van der Waals surface area contributed by atoms with Crippen molar-refractivity contribution in [2.45, 2.75) is 65.3 Å². The van der Waals surface area contributed by atoms with E-state index >= 15 is 0 Å². The normalized spacial score (nSPS) is 13.0. The summed E-state index contributed by atoms with van der Waals surface area (Å²) in [5, 5.41) is 3.53. The quantitative estimate of drug-likeness (QED) is 0.534. The zero-order valence-electron chi connectivity index (χ0n) is 10.8. The highest BCUT2D eigenvalue weighted by Gasteiger charge is 2.04. The lowest BCUT2D eigenvalue weighted by atomic mass is 10.1. The first-order valence-corrected chi connectivity index (χ1v) is 6.66. The fraction of sp³-hybridized carbons (Fsp3) is 1.00. The second-order valence-electron chi connectivity index (χ2n) is 4.15. The standard InChI is InChI=1S/C13H29NO/c1-4-7-11-15-12-8-10-13(9-5-2)14-6-3/h13-14H,4-12H2,1-3H3. The molecule has 0 saturated carbocycles. The van der Waals surface area contributed by atoms with Crippen molar-refractivity contribution in [2.75, 3.05) is 19.8 Å². The number of hydrogen-bond donors (Lipinski definition) is 1. The van der Waals surface area contributed by atoms with Gasteiger partial charge in [-0.1, -0.05) is 33.6 Å². The fourth-order valence-electron chi connectivity index (χ4n) is 1.77. The molecule has 0 aromatic heterocycles. The Morgan fingerprint density at radius 1 is 0.933 bits per heavy atom. The summed E-state index contributed by atoms with van der Waals surface area (Å²) in [5.41, 5.74) is 0. The van der Waals surface area contributed by atoms with Crippen molar-refractivity contribution in [2.24, 2.45) is 0 Å². The Kier molecular flexibility index (Phi) is 11.9. The SMILES string of the molecule is CCCCOCCCC(CCC)NCC. The van der Waals surface area contributed by atoms with E-state index in [1.807, 2.05) is 0 Å². The third-order valence-corrected chi connectivity index (χ3v) is 2.61. The van der Waals surface area contributed by atoms with Crippen molar-refractivity contribution in [3.05, 3.63) is 0 Å². The Hall–Kier alpha value is -0.0800. The van der Waals surface area contributed by atoms with Gasteiger partial charge in [-0.25, -0.2) is 0 Å². The van der Waals surface area contributed by atoms with Crippen LogP contribution in [0.3, 0.4) is 0 Å². The van der Waals surface area contributed by atoms with Crippen LogP contribution in [0.1, 0.15) is 59.3 Å². The van der Waals surface area contributed by atoms with Gasteiger partial charge in [-0.2, -0.15) is 0 Å². The Morgan fingerprint density at radius 3 is 2.27 bits per heavy atom. The largest absolute Gasteiger partial charge is 0.381 e. The fourth-order valence-corrected chi connectivity index (χ4v) is 1.77. The van der Waals surface area contributed by atoms with Crippen LogP contribution in [0.2, 0.25) is 0 Å². The van der Waals surface area contributed by atoms with E-state index in [0.717, 1.165) is 19.8 Å². The molecule has 0 amide bonds. The molecule has 0 heterocycles. The Labute approximate surface area is 95.8 Å². The maximum absolute atomic E-state index is 5.55. The molecule has 0 aliphatic heterocycles. The molecule has 0 bridgehead atoms. The smallest absolute Gasteiger partial charge is 0.0466 e. The lowest BCUT2D eigenvalue weighted by Crippen LogP contribution is -2.28. The zero-order valence-corrected chi connectivity index (χ0v) is 10.8. The van der Waals surface area contributed by atoms with Crippen molar-refractivity contribution in [1.82, 2.24) is 5.32 Å². The van der Waals surface area contributed by atoms with Gasteiger partial charge in [0.15, 0.2) is 0 Å². The first-order chi connectivity index (χ1) is 7.35. The summed E-state index contributed by atoms with van der Waals surface area (Å²) >= 11 is 0. The van der Waals surface area contributed by atoms with Gasteiger partial charge < -0.3 is 10.1 Å². The lowest BCUT2D eigenvalue weighted by Gasteiger charge is -2.16. The Balaban J connectivity index is 3.28. The van der Waals surface area contributed by atoms with Crippen LogP contribution in [-0.4, -0.2) is 25.8 Å². The van der Waals surface area contributed by atoms with Crippen LogP contribution < -0.4 is 5.32 Å². The molecule has 2 nitrogen and oxygen atoms in total. The van der Waals surface area contributed by atoms with E-state index in [9.17, 15) is 0 Å². The molecular formula is C13H29NO. The minimum absolute atomic E-state index is 0.703. The Bertz CT molecular complexity index is 111. The van der Waals surface area contributed by atoms with E-state index in [4.69, 9.17) is 4.74 Å². The molecule has 92 valence electrons. The van der Waals surface area contributed by atoms with Gasteiger partial charge in [-0.3, -0.25) is 0 Å². The summed E-state index contributed by atoms with van der Waals surface area (Å²) in [6.07, 6.45) is 7.45. The number of nitrogens with one attached hydrogen (secondary N) is 1. The molecular weight excluding hydrogens is 186 g/mol. The summed E-state index contributed by atoms with van der Waals surface area (Å²) in [6.45, 7) is 9.59. The summed E-state index contributed by atoms with van der Waals surface area (Å²) in [7, 11) is 0. The van der Waals surface area contributed by atoms with Crippen LogP contribution >= 0.6 is 0 Å². The number of rotatable bonds is 11. The van der Waals surface area contributed by atoms with Crippen molar-refractivity contribution in [3.8, 4) is 0 Å². The van der Waals surface area contributed by atoms with Crippen LogP contribution in [0.25, 0.3) is 0 Å². The van der Waals surface area contributed by atoms with Gasteiger partial charge in [0.2, 0.25) is 0 Å². The molecule has 0 radical (unpaired) electrons. The molecule has 0 aromatic rings. The van der Waals surface area contributed by atoms with Crippen LogP contribution in [0.15, 0.2) is 0 Å². The highest BCUT2D eigenvalue weighted by Crippen LogP contribution is 2.05. The van der Waals surface area contributed by atoms with Crippen LogP contribution in [0.5, 0.6) is 0 Å². The molecule has 0 rings (SSSR count). The number of ether oxygens (including phenoxy) is 1. The van der Waals surface area contributed by atoms with Gasteiger partial charge in [0.1, 0.15) is 0 Å². The predicted octanol–water partition coefficient (Wildman–Crippen LogP) is 3.36. The molecule has 1 unspecified atom stereocenters. The highest BCUT2D eigenvalue weighted by molar-refractivity contribution is 4.64. The monoisotopic (exact) mass is 215 g/mol. The summed E-state index contributed by atoms with van der Waals surface area (Å²) in [6, 6.07) is 0.703. The summed E-state index contributed by atoms with van der Waals surface area (Å²) in [5.74, 6) is 0. The summed E-state index contributed by atoms with van der Waals surface area (Å²) < 4.78 is 5.55. The molecule has 0 aliphatic rings. The zero-order chi connectivity index (χ0) is 11.4. The third kappa shape index (κ3) is 10.2. The maximum Gasteiger partial charge on any atom is 0.0466 e. The van der Waals surface area contributed by atoms with Crippen molar-refractivity contribution in [1.29, 1.82) is 0 Å². The van der Waals surface area contributed by atoms with Gasteiger partial charge in [-0.05, 0) is 32.2 Å². The van der Waals surface area contributed by atoms with E-state index in [0.29, 0.717) is 6.04 Å². The molecule has 1 atom stereocenters. The molecule has 0 spiro atoms. The molecule has 0 saturated heterocycles. The lowest BCUT2D eigenvalue weighted by molar-refractivity contribution is 0.125. The molecule has 0 aromatic carbocycles. The topological polar surface area (TPSA) is 21.3 Å². The van der Waals surface area contributed by atoms with Gasteiger partial charge in [0.05, 0.1) is 0 Å². The first kappa shape index (κ1) is 14.9. The number of unbranched alkanes of at least 4 members (excludes halogenated alkanes) is 1. The van der Waals surface area contributed by atoms with Crippen molar-refractivity contribution < 1.29 is 4.74 Å². The second-order valence-corrected chi connectivity index (χ2v) is 4.15. The van der Waals surface area contributed by atoms with Gasteiger partial charge in [-0.15, -0.1) is 0 Å². The van der Waals surface area contributed by atoms with E-state index in [1.54, 1.807) is 0 Å². The van der Waals surface area contributed by atoms with Crippen LogP contribution in [0, 0.1) is 0 Å². The average Bonchev–Trinajstić information content (AvgIpc) is 2.24. The van der Waals surface area contributed by atoms with Crippen molar-refractivity contribution in [3.63, 3.8) is 0 Å². The van der Waals surface area contributed by atoms with Crippen molar-refractivity contribution >= 4 is 0 Å². The Morgan fingerprint density at radius 2 is 1.67 bits per heavy atom. The van der Waals surface area contributed by atoms with Gasteiger partial charge in [0.25, 0.3) is 0 Å². The van der Waals surface area contributed by atoms with Crippen LogP contribution in [0.4, 0.5) is 0 Å². The molecule has 1 N–H and O–H groups in total. The van der Waals surface area contributed by atoms with E-state index in [2.05, 4.69) is 26.1 Å². The summed E-state index contributed by atoms with van der Waals surface area (Å²) in [4.78, 5) is 0. The van der Waals surface area contributed by atoms with E-state index in [-0.39, 0.29) is 0 Å². The highest BCUT2D eigenvalue weighted by atomic mass is 16.5. The predicted molar refractivity (Wildman–Crippen MR) is 67.3 cm³/mol. The molecule has 2 heteroatoms. The molecule has 0 aliphatic carbocycles. The molecule has 15 heavy (non-hydrogen) atoms. The van der Waals surface area contributed by atoms with Gasteiger partial charge >= 0.3 is 0 Å². The second kappa shape index (κ2) is 12.0. The van der Waals surface area contributed by atoms with E-state index < -0.39 is 0 Å². The minimum atomic E-state index is 0.703. The van der Waals surface area contributed by atoms with Crippen LogP contribution in [-0.2, 0) is 4.74 Å². The van der Waals surface area contributed by atoms with Gasteiger partial charge in [0, 0.05) is 19.3 Å².